The Morgan fingerprint density at radius 3 is 2.90 bits per heavy atom. The van der Waals surface area contributed by atoms with Gasteiger partial charge in [-0.2, -0.15) is 0 Å². The Hall–Kier alpha value is -0.690. The number of rotatable bonds is 2. The summed E-state index contributed by atoms with van der Waals surface area (Å²) in [5, 5.41) is 17.7. The van der Waals surface area contributed by atoms with Crippen molar-refractivity contribution in [3.8, 4) is 0 Å². The van der Waals surface area contributed by atoms with Gasteiger partial charge in [-0.3, -0.25) is 0 Å². The number of carboxylic acid groups (broad SMARTS) is 1. The number of H-pyrrole nitrogens is 1. The van der Waals surface area contributed by atoms with Gasteiger partial charge in [-0.1, -0.05) is 5.21 Å². The summed E-state index contributed by atoms with van der Waals surface area (Å²) in [5.41, 5.74) is -0.0278. The van der Waals surface area contributed by atoms with Crippen molar-refractivity contribution in [1.29, 1.82) is 0 Å². The number of carbonyl (C=O) groups is 1. The van der Waals surface area contributed by atoms with Crippen LogP contribution in [0.3, 0.4) is 0 Å². The van der Waals surface area contributed by atoms with Gasteiger partial charge in [0.2, 0.25) is 0 Å². The number of aromatic carboxylic acids is 1. The molecule has 2 N–H and O–H groups in total. The zero-order chi connectivity index (χ0) is 7.56. The lowest BCUT2D eigenvalue weighted by Crippen LogP contribution is -1.97. The fraction of sp³-hybridized carbons (Fsp3) is 0. The molecule has 1 aromatic rings. The summed E-state index contributed by atoms with van der Waals surface area (Å²) in [6.45, 7) is 0. The molecule has 1 aromatic heterocycles. The van der Waals surface area contributed by atoms with E-state index in [4.69, 9.17) is 5.11 Å². The molecule has 5 nitrogen and oxygen atoms in total. The largest absolute Gasteiger partial charge is 0.476 e. The second-order valence-corrected chi connectivity index (χ2v) is 2.51. The summed E-state index contributed by atoms with van der Waals surface area (Å²) >= 11 is 3.77. The molecule has 1 heterocycles. The zero-order valence-corrected chi connectivity index (χ0v) is 6.32. The minimum atomic E-state index is -1.08. The third-order valence-electron chi connectivity index (χ3n) is 0.817. The fourth-order valence-corrected chi connectivity index (χ4v) is 1.11. The molecule has 0 aliphatic heterocycles. The van der Waals surface area contributed by atoms with E-state index in [0.717, 1.165) is 10.8 Å². The Balaban J connectivity index is 3.01. The van der Waals surface area contributed by atoms with Crippen LogP contribution in [-0.2, 0) is 0 Å². The van der Waals surface area contributed by atoms with E-state index in [1.165, 1.54) is 0 Å². The molecule has 0 radical (unpaired) electrons. The summed E-state index contributed by atoms with van der Waals surface area (Å²) in [6.07, 6.45) is 0. The van der Waals surface area contributed by atoms with Crippen LogP contribution in [0.25, 0.3) is 0 Å². The van der Waals surface area contributed by atoms with Gasteiger partial charge in [0, 0.05) is 0 Å². The van der Waals surface area contributed by atoms with Crippen LogP contribution in [0, 0.1) is 0 Å². The zero-order valence-electron chi connectivity index (χ0n) is 4.61. The van der Waals surface area contributed by atoms with Crippen LogP contribution in [0.4, 0.5) is 0 Å². The van der Waals surface area contributed by atoms with E-state index in [-0.39, 0.29) is 10.7 Å². The predicted octanol–water partition coefficient (Wildman–Crippen LogP) is 0.440. The molecule has 0 bridgehead atoms. The second-order valence-electron chi connectivity index (χ2n) is 1.39. The van der Waals surface area contributed by atoms with E-state index in [9.17, 15) is 4.79 Å². The van der Waals surface area contributed by atoms with E-state index >= 15 is 0 Å². The highest BCUT2D eigenvalue weighted by Crippen LogP contribution is 2.20. The average molecular weight is 177 g/mol. The average Bonchev–Trinajstić information content (AvgIpc) is 2.33. The van der Waals surface area contributed by atoms with Crippen molar-refractivity contribution in [3.05, 3.63) is 5.69 Å². The first kappa shape index (κ1) is 7.42. The second kappa shape index (κ2) is 2.93. The Morgan fingerprint density at radius 1 is 1.80 bits per heavy atom. The summed E-state index contributed by atoms with van der Waals surface area (Å²) in [7, 11) is 0.939. The minimum absolute atomic E-state index is 0.0278. The molecule has 0 aromatic carbocycles. The number of carboxylic acids is 1. The molecular weight excluding hydrogens is 174 g/mol. The number of hydrogen-bond donors (Lipinski definition) is 3. The van der Waals surface area contributed by atoms with Gasteiger partial charge >= 0.3 is 5.97 Å². The van der Waals surface area contributed by atoms with Crippen LogP contribution in [-0.4, -0.2) is 26.5 Å². The maximum Gasteiger partial charge on any atom is 0.356 e. The maximum absolute atomic E-state index is 10.3. The van der Waals surface area contributed by atoms with Gasteiger partial charge in [0.25, 0.3) is 0 Å². The lowest BCUT2D eigenvalue weighted by molar-refractivity contribution is 0.0686. The number of nitrogens with one attached hydrogen (secondary N) is 1. The summed E-state index contributed by atoms with van der Waals surface area (Å²) in [6, 6.07) is 0. The van der Waals surface area contributed by atoms with E-state index in [0.29, 0.717) is 0 Å². The molecule has 0 aliphatic carbocycles. The van der Waals surface area contributed by atoms with Crippen molar-refractivity contribution in [2.24, 2.45) is 0 Å². The molecule has 0 fully saturated rings. The van der Waals surface area contributed by atoms with Gasteiger partial charge in [-0.15, -0.1) is 16.8 Å². The Morgan fingerprint density at radius 2 is 2.50 bits per heavy atom. The normalized spacial score (nSPS) is 9.70. The van der Waals surface area contributed by atoms with Gasteiger partial charge in [-0.25, -0.2) is 9.89 Å². The molecule has 7 heteroatoms. The Labute approximate surface area is 65.0 Å². The monoisotopic (exact) mass is 177 g/mol. The fourth-order valence-electron chi connectivity index (χ4n) is 0.421. The molecule has 0 aliphatic rings. The number of aromatic amines is 1. The van der Waals surface area contributed by atoms with Crippen LogP contribution >= 0.6 is 22.5 Å². The Kier molecular flexibility index (Phi) is 2.17. The molecule has 1 rings (SSSR count). The number of nitrogens with zero attached hydrogens (tertiary/aromatic N) is 2. The smallest absolute Gasteiger partial charge is 0.356 e. The maximum atomic E-state index is 10.3. The first-order chi connectivity index (χ1) is 4.75. The van der Waals surface area contributed by atoms with Crippen LogP contribution in [0.5, 0.6) is 0 Å². The van der Waals surface area contributed by atoms with Gasteiger partial charge in [0.15, 0.2) is 10.7 Å². The molecule has 54 valence electrons. The minimum Gasteiger partial charge on any atom is -0.476 e. The lowest BCUT2D eigenvalue weighted by Gasteiger charge is -1.86. The number of hydrogen-bond acceptors (Lipinski definition) is 5. The van der Waals surface area contributed by atoms with Crippen molar-refractivity contribution in [3.63, 3.8) is 0 Å². The molecule has 0 saturated carbocycles. The lowest BCUT2D eigenvalue weighted by atomic mass is 10.5. The van der Waals surface area contributed by atoms with Crippen LogP contribution in [0.15, 0.2) is 5.03 Å². The van der Waals surface area contributed by atoms with E-state index in [1.54, 1.807) is 0 Å². The standard InChI is InChI=1S/C3H3N3O2S2/c7-3(8)1-2(10-9)5-6-4-1/h9H,(H,7,8)(H,4,5,6). The third kappa shape index (κ3) is 1.24. The molecule has 10 heavy (non-hydrogen) atoms. The first-order valence-electron chi connectivity index (χ1n) is 2.21. The van der Waals surface area contributed by atoms with Crippen molar-refractivity contribution < 1.29 is 9.90 Å². The molecule has 0 atom stereocenters. The summed E-state index contributed by atoms with van der Waals surface area (Å²) < 4.78 is 0. The SMILES string of the molecule is O=C(O)c1[nH]nnc1SS. The molecule has 0 amide bonds. The molecule has 0 unspecified atom stereocenters. The van der Waals surface area contributed by atoms with Gasteiger partial charge in [0.05, 0.1) is 0 Å². The topological polar surface area (TPSA) is 78.9 Å². The van der Waals surface area contributed by atoms with E-state index in [2.05, 4.69) is 27.1 Å². The van der Waals surface area contributed by atoms with Gasteiger partial charge in [-0.05, 0) is 10.8 Å². The van der Waals surface area contributed by atoms with Crippen molar-refractivity contribution in [2.45, 2.75) is 5.03 Å². The molecular formula is C3H3N3O2S2. The number of aromatic nitrogens is 3. The summed E-state index contributed by atoms with van der Waals surface area (Å²) in [4.78, 5) is 10.3. The Bertz CT molecular complexity index is 248. The van der Waals surface area contributed by atoms with Crippen molar-refractivity contribution in [2.75, 3.05) is 0 Å². The first-order valence-corrected chi connectivity index (χ1v) is 4.08. The van der Waals surface area contributed by atoms with E-state index < -0.39 is 5.97 Å². The van der Waals surface area contributed by atoms with E-state index in [1.807, 2.05) is 0 Å². The van der Waals surface area contributed by atoms with Crippen molar-refractivity contribution in [1.82, 2.24) is 15.4 Å². The highest BCUT2D eigenvalue weighted by molar-refractivity contribution is 8.68. The predicted molar refractivity (Wildman–Crippen MR) is 38.2 cm³/mol. The van der Waals surface area contributed by atoms with Crippen molar-refractivity contribution >= 4 is 28.4 Å². The quantitative estimate of drug-likeness (QED) is 0.451. The third-order valence-corrected chi connectivity index (χ3v) is 1.79. The summed E-state index contributed by atoms with van der Waals surface area (Å²) in [5.74, 6) is -1.08. The molecule has 0 spiro atoms. The van der Waals surface area contributed by atoms with Crippen LogP contribution in [0.2, 0.25) is 0 Å². The van der Waals surface area contributed by atoms with Crippen LogP contribution < -0.4 is 0 Å². The van der Waals surface area contributed by atoms with Gasteiger partial charge in [0.1, 0.15) is 0 Å². The molecule has 0 saturated heterocycles. The highest BCUT2D eigenvalue weighted by Gasteiger charge is 2.12. The number of thiol groups is 1. The van der Waals surface area contributed by atoms with Gasteiger partial charge < -0.3 is 5.11 Å². The highest BCUT2D eigenvalue weighted by atomic mass is 33.1. The van der Waals surface area contributed by atoms with Crippen LogP contribution in [0.1, 0.15) is 10.5 Å².